The predicted molar refractivity (Wildman–Crippen MR) is 101 cm³/mol. The van der Waals surface area contributed by atoms with Gasteiger partial charge < -0.3 is 5.32 Å². The zero-order chi connectivity index (χ0) is 17.4. The zero-order valence-electron chi connectivity index (χ0n) is 13.1. The lowest BCUT2D eigenvalue weighted by Crippen LogP contribution is -2.01. The molecule has 4 rings (SSSR count). The average Bonchev–Trinajstić information content (AvgIpc) is 3.15. The smallest absolute Gasteiger partial charge is 0.249 e. The zero-order valence-corrected chi connectivity index (χ0v) is 15.4. The second-order valence-corrected chi connectivity index (χ2v) is 6.89. The summed E-state index contributed by atoms with van der Waals surface area (Å²) in [6.45, 7) is 1.97. The summed E-state index contributed by atoms with van der Waals surface area (Å²) in [4.78, 5) is 13.8. The van der Waals surface area contributed by atoms with Crippen molar-refractivity contribution < 1.29 is 0 Å². The first-order chi connectivity index (χ1) is 12.1. The van der Waals surface area contributed by atoms with Crippen molar-refractivity contribution in [2.24, 2.45) is 0 Å². The Hall–Kier alpha value is -2.22. The van der Waals surface area contributed by atoms with Crippen molar-refractivity contribution in [3.8, 4) is 11.3 Å². The number of hydrogen-bond donors (Lipinski definition) is 1. The molecule has 126 valence electrons. The molecule has 1 N–H and O–H groups in total. The number of aryl methyl sites for hydroxylation is 1. The highest BCUT2D eigenvalue weighted by Crippen LogP contribution is 2.27. The van der Waals surface area contributed by atoms with Crippen LogP contribution in [-0.4, -0.2) is 24.6 Å². The third kappa shape index (κ3) is 3.30. The third-order valence-electron chi connectivity index (χ3n) is 3.52. The van der Waals surface area contributed by atoms with Crippen LogP contribution in [0.4, 0.5) is 11.8 Å². The molecule has 0 aliphatic carbocycles. The highest BCUT2D eigenvalue weighted by molar-refractivity contribution is 7.15. The van der Waals surface area contributed by atoms with E-state index in [2.05, 4.69) is 25.4 Å². The molecule has 1 aromatic carbocycles. The van der Waals surface area contributed by atoms with Gasteiger partial charge >= 0.3 is 0 Å². The summed E-state index contributed by atoms with van der Waals surface area (Å²) in [6.07, 6.45) is 0.696. The maximum Gasteiger partial charge on any atom is 0.249 e. The van der Waals surface area contributed by atoms with Crippen LogP contribution in [0.2, 0.25) is 10.2 Å². The molecule has 4 aromatic rings. The number of thiazole rings is 1. The van der Waals surface area contributed by atoms with Crippen LogP contribution in [0.5, 0.6) is 0 Å². The van der Waals surface area contributed by atoms with Gasteiger partial charge in [-0.05, 0) is 12.1 Å². The van der Waals surface area contributed by atoms with Gasteiger partial charge in [0.1, 0.15) is 16.8 Å². The minimum absolute atomic E-state index is 0.386. The summed E-state index contributed by atoms with van der Waals surface area (Å²) in [7, 11) is 0. The lowest BCUT2D eigenvalue weighted by molar-refractivity contribution is 0.938. The van der Waals surface area contributed by atoms with Gasteiger partial charge in [0.25, 0.3) is 0 Å². The quantitative estimate of drug-likeness (QED) is 0.503. The lowest BCUT2D eigenvalue weighted by atomic mass is 10.2. The standard InChI is InChI=1S/C16H12Cl2N6S/c1-2-13-19-12(18)7-14(20-13)21-15-22-16-24(23-15)11(8-25-16)9-3-5-10(17)6-4-9/h3-8H,2H2,1H3,(H,19,20,21,23). The fourth-order valence-corrected chi connectivity index (χ4v) is 3.51. The molecule has 3 aromatic heterocycles. The van der Waals surface area contributed by atoms with Crippen LogP contribution in [-0.2, 0) is 6.42 Å². The highest BCUT2D eigenvalue weighted by atomic mass is 35.5. The van der Waals surface area contributed by atoms with Gasteiger partial charge in [0.15, 0.2) is 0 Å². The van der Waals surface area contributed by atoms with Gasteiger partial charge in [0, 0.05) is 28.5 Å². The number of nitrogens with zero attached hydrogens (tertiary/aromatic N) is 5. The average molecular weight is 391 g/mol. The van der Waals surface area contributed by atoms with Gasteiger partial charge in [-0.15, -0.1) is 16.4 Å². The van der Waals surface area contributed by atoms with Crippen molar-refractivity contribution in [2.45, 2.75) is 13.3 Å². The monoisotopic (exact) mass is 390 g/mol. The Morgan fingerprint density at radius 2 is 1.92 bits per heavy atom. The van der Waals surface area contributed by atoms with E-state index in [1.807, 2.05) is 36.6 Å². The van der Waals surface area contributed by atoms with Crippen LogP contribution in [0.25, 0.3) is 16.2 Å². The van der Waals surface area contributed by atoms with Crippen LogP contribution in [0.15, 0.2) is 35.7 Å². The topological polar surface area (TPSA) is 68.0 Å². The van der Waals surface area contributed by atoms with Crippen LogP contribution in [0.1, 0.15) is 12.7 Å². The summed E-state index contributed by atoms with van der Waals surface area (Å²) in [6, 6.07) is 9.26. The Balaban J connectivity index is 1.68. The van der Waals surface area contributed by atoms with E-state index in [0.29, 0.717) is 34.2 Å². The van der Waals surface area contributed by atoms with Crippen LogP contribution >= 0.6 is 34.5 Å². The summed E-state index contributed by atoms with van der Waals surface area (Å²) in [5.74, 6) is 1.69. The lowest BCUT2D eigenvalue weighted by Gasteiger charge is -2.03. The Labute approximate surface area is 157 Å². The summed E-state index contributed by atoms with van der Waals surface area (Å²) in [5.41, 5.74) is 1.97. The third-order valence-corrected chi connectivity index (χ3v) is 4.78. The molecular weight excluding hydrogens is 379 g/mol. The molecule has 0 saturated carbocycles. The fourth-order valence-electron chi connectivity index (χ4n) is 2.35. The van der Waals surface area contributed by atoms with Gasteiger partial charge in [-0.1, -0.05) is 42.3 Å². The van der Waals surface area contributed by atoms with E-state index in [1.54, 1.807) is 10.6 Å². The number of benzene rings is 1. The minimum Gasteiger partial charge on any atom is -0.307 e. The minimum atomic E-state index is 0.386. The van der Waals surface area contributed by atoms with Gasteiger partial charge in [0.05, 0.1) is 5.69 Å². The molecule has 0 unspecified atom stereocenters. The van der Waals surface area contributed by atoms with E-state index in [-0.39, 0.29) is 0 Å². The Morgan fingerprint density at radius 1 is 1.12 bits per heavy atom. The Kier molecular flexibility index (Phi) is 4.29. The van der Waals surface area contributed by atoms with Gasteiger partial charge in [0.2, 0.25) is 10.9 Å². The highest BCUT2D eigenvalue weighted by Gasteiger charge is 2.12. The first-order valence-corrected chi connectivity index (χ1v) is 9.16. The molecular formula is C16H12Cl2N6S. The van der Waals surface area contributed by atoms with E-state index < -0.39 is 0 Å². The van der Waals surface area contributed by atoms with E-state index in [9.17, 15) is 0 Å². The Bertz CT molecular complexity index is 1040. The van der Waals surface area contributed by atoms with Crippen molar-refractivity contribution in [3.05, 3.63) is 51.7 Å². The van der Waals surface area contributed by atoms with Crippen LogP contribution in [0, 0.1) is 0 Å². The molecule has 6 nitrogen and oxygen atoms in total. The SMILES string of the molecule is CCc1nc(Cl)cc(Nc2nc3scc(-c4ccc(Cl)cc4)n3n2)n1. The molecule has 0 saturated heterocycles. The molecule has 0 atom stereocenters. The van der Waals surface area contributed by atoms with Crippen molar-refractivity contribution in [2.75, 3.05) is 5.32 Å². The summed E-state index contributed by atoms with van der Waals surface area (Å²) < 4.78 is 1.79. The van der Waals surface area contributed by atoms with Crippen molar-refractivity contribution in [1.29, 1.82) is 0 Å². The maximum atomic E-state index is 6.02. The summed E-state index contributed by atoms with van der Waals surface area (Å²) in [5, 5.41) is 10.7. The first-order valence-electron chi connectivity index (χ1n) is 7.53. The van der Waals surface area contributed by atoms with Crippen molar-refractivity contribution in [1.82, 2.24) is 24.6 Å². The normalized spacial score (nSPS) is 11.2. The number of rotatable bonds is 4. The molecule has 0 aliphatic heterocycles. The molecule has 9 heteroatoms. The summed E-state index contributed by atoms with van der Waals surface area (Å²) >= 11 is 13.5. The number of aromatic nitrogens is 5. The van der Waals surface area contributed by atoms with Crippen LogP contribution in [0.3, 0.4) is 0 Å². The second-order valence-electron chi connectivity index (χ2n) is 5.23. The molecule has 0 spiro atoms. The number of anilines is 2. The van der Waals surface area contributed by atoms with Crippen molar-refractivity contribution in [3.63, 3.8) is 0 Å². The predicted octanol–water partition coefficient (Wildman–Crippen LogP) is 4.86. The van der Waals surface area contributed by atoms with E-state index in [0.717, 1.165) is 16.2 Å². The number of nitrogens with one attached hydrogen (secondary N) is 1. The molecule has 0 fully saturated rings. The molecule has 0 radical (unpaired) electrons. The first kappa shape index (κ1) is 16.3. The molecule has 0 bridgehead atoms. The fraction of sp³-hybridized carbons (Fsp3) is 0.125. The number of fused-ring (bicyclic) bond motifs is 1. The van der Waals surface area contributed by atoms with E-state index >= 15 is 0 Å². The molecule has 0 amide bonds. The second kappa shape index (κ2) is 6.59. The van der Waals surface area contributed by atoms with Gasteiger partial charge in [-0.2, -0.15) is 4.98 Å². The van der Waals surface area contributed by atoms with Crippen LogP contribution < -0.4 is 5.32 Å². The largest absolute Gasteiger partial charge is 0.307 e. The van der Waals surface area contributed by atoms with Gasteiger partial charge in [-0.25, -0.2) is 14.5 Å². The molecule has 0 aliphatic rings. The maximum absolute atomic E-state index is 6.02. The molecule has 3 heterocycles. The van der Waals surface area contributed by atoms with Gasteiger partial charge in [-0.3, -0.25) is 0 Å². The van der Waals surface area contributed by atoms with E-state index in [4.69, 9.17) is 23.2 Å². The van der Waals surface area contributed by atoms with E-state index in [1.165, 1.54) is 11.3 Å². The number of halogens is 2. The van der Waals surface area contributed by atoms with Crippen molar-refractivity contribution >= 4 is 51.3 Å². The number of hydrogen-bond acceptors (Lipinski definition) is 6. The molecule has 25 heavy (non-hydrogen) atoms. The Morgan fingerprint density at radius 3 is 2.68 bits per heavy atom.